The molecule has 2 rings (SSSR count). The molecule has 0 unspecified atom stereocenters. The van der Waals surface area contributed by atoms with Crippen LogP contribution in [0.5, 0.6) is 0 Å². The molecule has 0 aliphatic heterocycles. The molecule has 2 aromatic carbocycles. The van der Waals surface area contributed by atoms with Gasteiger partial charge in [-0.2, -0.15) is 4.31 Å². The minimum absolute atomic E-state index is 0.164. The highest BCUT2D eigenvalue weighted by Crippen LogP contribution is 2.22. The first-order chi connectivity index (χ1) is 12.7. The first-order valence-corrected chi connectivity index (χ1v) is 10.3. The van der Waals surface area contributed by atoms with Crippen LogP contribution in [0.1, 0.15) is 42.7 Å². The average Bonchev–Trinajstić information content (AvgIpc) is 2.67. The predicted octanol–water partition coefficient (Wildman–Crippen LogP) is 3.69. The molecule has 0 saturated carbocycles. The normalized spacial score (nSPS) is 12.8. The molecule has 27 heavy (non-hydrogen) atoms. The molecule has 5 nitrogen and oxygen atoms in total. The van der Waals surface area contributed by atoms with Crippen molar-refractivity contribution >= 4 is 15.9 Å². The molecule has 2 aromatic rings. The zero-order valence-corrected chi connectivity index (χ0v) is 16.8. The third-order valence-corrected chi connectivity index (χ3v) is 6.76. The van der Waals surface area contributed by atoms with Crippen molar-refractivity contribution in [3.63, 3.8) is 0 Å². The van der Waals surface area contributed by atoms with E-state index in [2.05, 4.69) is 0 Å². The lowest BCUT2D eigenvalue weighted by molar-refractivity contribution is 0.0742. The van der Waals surface area contributed by atoms with Gasteiger partial charge in [0.25, 0.3) is 5.91 Å². The Balaban J connectivity index is 2.21. The molecule has 7 heteroatoms. The van der Waals surface area contributed by atoms with Crippen LogP contribution in [-0.2, 0) is 10.0 Å². The Morgan fingerprint density at radius 1 is 1.00 bits per heavy atom. The van der Waals surface area contributed by atoms with Gasteiger partial charge in [0, 0.05) is 25.7 Å². The Morgan fingerprint density at radius 3 is 2.00 bits per heavy atom. The number of benzene rings is 2. The van der Waals surface area contributed by atoms with Crippen molar-refractivity contribution < 1.29 is 17.6 Å². The van der Waals surface area contributed by atoms with Crippen molar-refractivity contribution in [2.45, 2.75) is 31.7 Å². The molecule has 0 saturated heterocycles. The van der Waals surface area contributed by atoms with Gasteiger partial charge in [-0.25, -0.2) is 12.8 Å². The van der Waals surface area contributed by atoms with Crippen molar-refractivity contribution in [3.05, 3.63) is 65.5 Å². The number of hydrogen-bond donors (Lipinski definition) is 0. The maximum Gasteiger partial charge on any atom is 0.254 e. The fourth-order valence-corrected chi connectivity index (χ4v) is 4.28. The zero-order chi connectivity index (χ0) is 20.2. The van der Waals surface area contributed by atoms with Crippen LogP contribution in [0.2, 0.25) is 0 Å². The summed E-state index contributed by atoms with van der Waals surface area (Å²) in [5.41, 5.74) is 1.21. The van der Waals surface area contributed by atoms with E-state index in [4.69, 9.17) is 0 Å². The molecule has 0 spiro atoms. The number of halogens is 1. The lowest BCUT2D eigenvalue weighted by Crippen LogP contribution is -2.31. The summed E-state index contributed by atoms with van der Waals surface area (Å²) in [6, 6.07) is 11.7. The maximum absolute atomic E-state index is 13.1. The summed E-state index contributed by atoms with van der Waals surface area (Å²) in [5, 5.41) is 0. The molecule has 0 fully saturated rings. The standard InChI is InChI=1S/C20H25FN2O3S/c1-5-23(6-2)27(25,26)19-13-9-17(10-14-19)20(24)22(4)15(3)16-7-11-18(21)12-8-16/h7-15H,5-6H2,1-4H3/t15-/m1/s1. The highest BCUT2D eigenvalue weighted by atomic mass is 32.2. The van der Waals surface area contributed by atoms with Crippen LogP contribution in [0.15, 0.2) is 53.4 Å². The van der Waals surface area contributed by atoms with Gasteiger partial charge >= 0.3 is 0 Å². The van der Waals surface area contributed by atoms with Crippen LogP contribution in [0.25, 0.3) is 0 Å². The van der Waals surface area contributed by atoms with Crippen LogP contribution >= 0.6 is 0 Å². The predicted molar refractivity (Wildman–Crippen MR) is 103 cm³/mol. The quantitative estimate of drug-likeness (QED) is 0.722. The van der Waals surface area contributed by atoms with E-state index in [-0.39, 0.29) is 22.7 Å². The Kier molecular flexibility index (Phi) is 6.73. The van der Waals surface area contributed by atoms with Gasteiger partial charge < -0.3 is 4.90 Å². The van der Waals surface area contributed by atoms with E-state index < -0.39 is 10.0 Å². The number of sulfonamides is 1. The summed E-state index contributed by atoms with van der Waals surface area (Å²) in [7, 11) is -1.89. The second-order valence-corrected chi connectivity index (χ2v) is 8.20. The Bertz CT molecular complexity index is 876. The largest absolute Gasteiger partial charge is 0.335 e. The van der Waals surface area contributed by atoms with Crippen molar-refractivity contribution in [2.24, 2.45) is 0 Å². The van der Waals surface area contributed by atoms with E-state index in [1.54, 1.807) is 37.9 Å². The van der Waals surface area contributed by atoms with Gasteiger partial charge in [0.05, 0.1) is 10.9 Å². The van der Waals surface area contributed by atoms with Crippen LogP contribution in [0.4, 0.5) is 4.39 Å². The molecule has 0 heterocycles. The summed E-state index contributed by atoms with van der Waals surface area (Å²) in [6.07, 6.45) is 0. The lowest BCUT2D eigenvalue weighted by atomic mass is 10.1. The van der Waals surface area contributed by atoms with E-state index in [0.29, 0.717) is 18.7 Å². The fourth-order valence-electron chi connectivity index (χ4n) is 2.83. The fraction of sp³-hybridized carbons (Fsp3) is 0.350. The van der Waals surface area contributed by atoms with E-state index in [0.717, 1.165) is 5.56 Å². The van der Waals surface area contributed by atoms with Gasteiger partial charge in [-0.1, -0.05) is 26.0 Å². The summed E-state index contributed by atoms with van der Waals surface area (Å²) in [4.78, 5) is 14.4. The molecular formula is C20H25FN2O3S. The van der Waals surface area contributed by atoms with Gasteiger partial charge in [0.2, 0.25) is 10.0 Å². The van der Waals surface area contributed by atoms with Crippen molar-refractivity contribution in [2.75, 3.05) is 20.1 Å². The van der Waals surface area contributed by atoms with Crippen LogP contribution in [-0.4, -0.2) is 43.7 Å². The Hall–Kier alpha value is -2.25. The third-order valence-electron chi connectivity index (χ3n) is 4.70. The van der Waals surface area contributed by atoms with Crippen LogP contribution in [0.3, 0.4) is 0 Å². The van der Waals surface area contributed by atoms with Gasteiger partial charge in [-0.3, -0.25) is 4.79 Å². The topological polar surface area (TPSA) is 57.7 Å². The molecule has 0 aliphatic rings. The van der Waals surface area contributed by atoms with E-state index in [1.165, 1.54) is 40.7 Å². The number of hydrogen-bond acceptors (Lipinski definition) is 3. The number of rotatable bonds is 7. The number of amides is 1. The van der Waals surface area contributed by atoms with Gasteiger partial charge in [-0.05, 0) is 48.9 Å². The summed E-state index contributed by atoms with van der Waals surface area (Å²) in [5.74, 6) is -0.566. The second-order valence-electron chi connectivity index (χ2n) is 6.26. The first kappa shape index (κ1) is 21.1. The highest BCUT2D eigenvalue weighted by Gasteiger charge is 2.23. The Morgan fingerprint density at radius 2 is 1.52 bits per heavy atom. The van der Waals surface area contributed by atoms with E-state index in [9.17, 15) is 17.6 Å². The summed E-state index contributed by atoms with van der Waals surface area (Å²) in [6.45, 7) is 6.19. The monoisotopic (exact) mass is 392 g/mol. The smallest absolute Gasteiger partial charge is 0.254 e. The van der Waals surface area contributed by atoms with E-state index >= 15 is 0 Å². The summed E-state index contributed by atoms with van der Waals surface area (Å²) < 4.78 is 39.5. The molecule has 0 aliphatic carbocycles. The van der Waals surface area contributed by atoms with Gasteiger partial charge in [0.1, 0.15) is 5.82 Å². The molecule has 0 radical (unpaired) electrons. The van der Waals surface area contributed by atoms with Crippen LogP contribution in [0, 0.1) is 5.82 Å². The minimum Gasteiger partial charge on any atom is -0.335 e. The molecule has 0 bridgehead atoms. The van der Waals surface area contributed by atoms with Crippen molar-refractivity contribution in [3.8, 4) is 0 Å². The number of carbonyl (C=O) groups is 1. The maximum atomic E-state index is 13.1. The average molecular weight is 392 g/mol. The zero-order valence-electron chi connectivity index (χ0n) is 16.0. The molecule has 1 amide bonds. The van der Waals surface area contributed by atoms with Crippen molar-refractivity contribution in [1.29, 1.82) is 0 Å². The summed E-state index contributed by atoms with van der Waals surface area (Å²) >= 11 is 0. The Labute approximate surface area is 160 Å². The number of carbonyl (C=O) groups excluding carboxylic acids is 1. The van der Waals surface area contributed by atoms with Gasteiger partial charge in [0.15, 0.2) is 0 Å². The van der Waals surface area contributed by atoms with Crippen molar-refractivity contribution in [1.82, 2.24) is 9.21 Å². The highest BCUT2D eigenvalue weighted by molar-refractivity contribution is 7.89. The van der Waals surface area contributed by atoms with E-state index in [1.807, 2.05) is 6.92 Å². The molecular weight excluding hydrogens is 367 g/mol. The third kappa shape index (κ3) is 4.54. The number of nitrogens with zero attached hydrogens (tertiary/aromatic N) is 2. The van der Waals surface area contributed by atoms with Gasteiger partial charge in [-0.15, -0.1) is 0 Å². The first-order valence-electron chi connectivity index (χ1n) is 8.85. The molecule has 1 atom stereocenters. The molecule has 146 valence electrons. The lowest BCUT2D eigenvalue weighted by Gasteiger charge is -2.25. The minimum atomic E-state index is -3.55. The SMILES string of the molecule is CCN(CC)S(=O)(=O)c1ccc(C(=O)N(C)[C@H](C)c2ccc(F)cc2)cc1. The molecule has 0 N–H and O–H groups in total. The molecule has 0 aromatic heterocycles. The second kappa shape index (κ2) is 8.63. The van der Waals surface area contributed by atoms with Crippen LogP contribution < -0.4 is 0 Å².